The molecule has 1 aromatic heterocycles. The van der Waals surface area contributed by atoms with Gasteiger partial charge in [0.05, 0.1) is 0 Å². The lowest BCUT2D eigenvalue weighted by Crippen LogP contribution is -2.19. The lowest BCUT2D eigenvalue weighted by molar-refractivity contribution is 0.332. The molecule has 1 aromatic carbocycles. The van der Waals surface area contributed by atoms with Gasteiger partial charge in [0.1, 0.15) is 0 Å². The van der Waals surface area contributed by atoms with Gasteiger partial charge in [0.2, 0.25) is 11.7 Å². The maximum atomic E-state index is 5.86. The van der Waals surface area contributed by atoms with E-state index < -0.39 is 0 Å². The summed E-state index contributed by atoms with van der Waals surface area (Å²) in [6, 6.07) is 7.39. The zero-order valence-electron chi connectivity index (χ0n) is 11.8. The van der Waals surface area contributed by atoms with Gasteiger partial charge in [-0.15, -0.1) is 0 Å². The van der Waals surface area contributed by atoms with E-state index in [-0.39, 0.29) is 0 Å². The number of aromatic nitrogens is 2. The van der Waals surface area contributed by atoms with Crippen molar-refractivity contribution in [2.45, 2.75) is 26.7 Å². The molecule has 1 heterocycles. The van der Waals surface area contributed by atoms with Crippen LogP contribution < -0.4 is 5.73 Å². The third-order valence-corrected chi connectivity index (χ3v) is 3.42. The fourth-order valence-electron chi connectivity index (χ4n) is 2.23. The Balaban J connectivity index is 2.06. The van der Waals surface area contributed by atoms with Crippen LogP contribution in [0, 0.1) is 11.8 Å². The number of hydrogen-bond acceptors (Lipinski definition) is 4. The molecule has 1 atom stereocenters. The molecular formula is C15H20ClN3O. The van der Waals surface area contributed by atoms with Crippen molar-refractivity contribution in [2.75, 3.05) is 6.54 Å². The molecule has 0 aliphatic heterocycles. The molecule has 2 rings (SSSR count). The molecule has 0 saturated carbocycles. The summed E-state index contributed by atoms with van der Waals surface area (Å²) in [5.74, 6) is 2.23. The van der Waals surface area contributed by atoms with Crippen LogP contribution >= 0.6 is 11.6 Å². The van der Waals surface area contributed by atoms with E-state index in [1.165, 1.54) is 0 Å². The van der Waals surface area contributed by atoms with Crippen LogP contribution in [0.4, 0.5) is 0 Å². The summed E-state index contributed by atoms with van der Waals surface area (Å²) in [6.07, 6.45) is 1.80. The SMILES string of the molecule is CC(C)C[C@H](CN)Cc1nc(-c2ccc(Cl)cc2)no1. The third kappa shape index (κ3) is 4.05. The predicted molar refractivity (Wildman–Crippen MR) is 80.4 cm³/mol. The average Bonchev–Trinajstić information content (AvgIpc) is 2.87. The van der Waals surface area contributed by atoms with Crippen LogP contribution in [0.5, 0.6) is 0 Å². The normalized spacial score (nSPS) is 12.8. The number of halogens is 1. The first-order valence-corrected chi connectivity index (χ1v) is 7.25. The molecule has 0 radical (unpaired) electrons. The van der Waals surface area contributed by atoms with E-state index in [1.54, 1.807) is 0 Å². The second-order valence-electron chi connectivity index (χ2n) is 5.45. The predicted octanol–water partition coefficient (Wildman–Crippen LogP) is 3.55. The molecule has 2 aromatic rings. The second-order valence-corrected chi connectivity index (χ2v) is 5.89. The van der Waals surface area contributed by atoms with Gasteiger partial charge >= 0.3 is 0 Å². The second kappa shape index (κ2) is 6.86. The lowest BCUT2D eigenvalue weighted by atomic mass is 9.94. The molecule has 0 spiro atoms. The van der Waals surface area contributed by atoms with Gasteiger partial charge < -0.3 is 10.3 Å². The first-order chi connectivity index (χ1) is 9.58. The van der Waals surface area contributed by atoms with Gasteiger partial charge in [0.25, 0.3) is 0 Å². The van der Waals surface area contributed by atoms with Gasteiger partial charge in [-0.2, -0.15) is 4.98 Å². The number of nitrogens with two attached hydrogens (primary N) is 1. The molecule has 5 heteroatoms. The monoisotopic (exact) mass is 293 g/mol. The van der Waals surface area contributed by atoms with Crippen LogP contribution in [0.25, 0.3) is 11.4 Å². The maximum absolute atomic E-state index is 5.86. The van der Waals surface area contributed by atoms with Gasteiger partial charge in [0, 0.05) is 17.0 Å². The van der Waals surface area contributed by atoms with Crippen LogP contribution in [0.2, 0.25) is 5.02 Å². The summed E-state index contributed by atoms with van der Waals surface area (Å²) in [6.45, 7) is 5.02. The summed E-state index contributed by atoms with van der Waals surface area (Å²) in [4.78, 5) is 4.43. The minimum Gasteiger partial charge on any atom is -0.339 e. The quantitative estimate of drug-likeness (QED) is 0.884. The highest BCUT2D eigenvalue weighted by Gasteiger charge is 2.15. The van der Waals surface area contributed by atoms with Gasteiger partial charge in [0.15, 0.2) is 0 Å². The zero-order valence-corrected chi connectivity index (χ0v) is 12.6. The van der Waals surface area contributed by atoms with Crippen LogP contribution in [0.3, 0.4) is 0 Å². The van der Waals surface area contributed by atoms with Crippen LogP contribution in [0.1, 0.15) is 26.2 Å². The average molecular weight is 294 g/mol. The van der Waals surface area contributed by atoms with Crippen molar-refractivity contribution in [1.82, 2.24) is 10.1 Å². The molecule has 20 heavy (non-hydrogen) atoms. The number of rotatable bonds is 6. The minimum atomic E-state index is 0.383. The third-order valence-electron chi connectivity index (χ3n) is 3.17. The Kier molecular flexibility index (Phi) is 5.15. The number of nitrogens with zero attached hydrogens (tertiary/aromatic N) is 2. The van der Waals surface area contributed by atoms with Crippen LogP contribution in [-0.4, -0.2) is 16.7 Å². The maximum Gasteiger partial charge on any atom is 0.227 e. The van der Waals surface area contributed by atoms with Crippen molar-refractivity contribution in [3.63, 3.8) is 0 Å². The van der Waals surface area contributed by atoms with Crippen molar-refractivity contribution in [3.8, 4) is 11.4 Å². The van der Waals surface area contributed by atoms with Crippen LogP contribution in [-0.2, 0) is 6.42 Å². The van der Waals surface area contributed by atoms with Gasteiger partial charge in [-0.1, -0.05) is 30.6 Å². The number of benzene rings is 1. The Morgan fingerprint density at radius 3 is 2.55 bits per heavy atom. The summed E-state index contributed by atoms with van der Waals surface area (Å²) >= 11 is 5.86. The summed E-state index contributed by atoms with van der Waals surface area (Å²) in [5.41, 5.74) is 6.70. The fraction of sp³-hybridized carbons (Fsp3) is 0.467. The molecule has 4 nitrogen and oxygen atoms in total. The van der Waals surface area contributed by atoms with Crippen molar-refractivity contribution in [2.24, 2.45) is 17.6 Å². The highest BCUT2D eigenvalue weighted by molar-refractivity contribution is 6.30. The van der Waals surface area contributed by atoms with E-state index in [4.69, 9.17) is 21.9 Å². The highest BCUT2D eigenvalue weighted by atomic mass is 35.5. The lowest BCUT2D eigenvalue weighted by Gasteiger charge is -2.14. The molecule has 0 aliphatic rings. The zero-order chi connectivity index (χ0) is 14.5. The van der Waals surface area contributed by atoms with E-state index in [0.29, 0.717) is 35.1 Å². The Labute approximate surface area is 124 Å². The molecule has 108 valence electrons. The van der Waals surface area contributed by atoms with Crippen molar-refractivity contribution in [1.29, 1.82) is 0 Å². The summed E-state index contributed by atoms with van der Waals surface area (Å²) < 4.78 is 5.31. The molecular weight excluding hydrogens is 274 g/mol. The van der Waals surface area contributed by atoms with E-state index in [0.717, 1.165) is 18.4 Å². The van der Waals surface area contributed by atoms with Crippen molar-refractivity contribution in [3.05, 3.63) is 35.2 Å². The van der Waals surface area contributed by atoms with E-state index >= 15 is 0 Å². The van der Waals surface area contributed by atoms with E-state index in [1.807, 2.05) is 24.3 Å². The molecule has 2 N–H and O–H groups in total. The van der Waals surface area contributed by atoms with E-state index in [2.05, 4.69) is 24.0 Å². The van der Waals surface area contributed by atoms with Gasteiger partial charge in [-0.25, -0.2) is 0 Å². The molecule has 0 bridgehead atoms. The molecule has 0 amide bonds. The Morgan fingerprint density at radius 1 is 1.25 bits per heavy atom. The van der Waals surface area contributed by atoms with Crippen molar-refractivity contribution >= 4 is 11.6 Å². The van der Waals surface area contributed by atoms with Gasteiger partial charge in [-0.3, -0.25) is 0 Å². The highest BCUT2D eigenvalue weighted by Crippen LogP contribution is 2.21. The summed E-state index contributed by atoms with van der Waals surface area (Å²) in [5, 5.41) is 4.70. The number of hydrogen-bond donors (Lipinski definition) is 1. The van der Waals surface area contributed by atoms with Crippen molar-refractivity contribution < 1.29 is 4.52 Å². The largest absolute Gasteiger partial charge is 0.339 e. The molecule has 0 aliphatic carbocycles. The smallest absolute Gasteiger partial charge is 0.227 e. The Bertz CT molecular complexity index is 536. The minimum absolute atomic E-state index is 0.383. The molecule has 0 saturated heterocycles. The standard InChI is InChI=1S/C15H20ClN3O/c1-10(2)7-11(9-17)8-14-18-15(19-20-14)12-3-5-13(16)6-4-12/h3-6,10-11H,7-9,17H2,1-2H3/t11-/m0/s1. The van der Waals surface area contributed by atoms with Gasteiger partial charge in [-0.05, 0) is 49.1 Å². The fourth-order valence-corrected chi connectivity index (χ4v) is 2.36. The first kappa shape index (κ1) is 15.0. The first-order valence-electron chi connectivity index (χ1n) is 6.87. The van der Waals surface area contributed by atoms with Crippen LogP contribution in [0.15, 0.2) is 28.8 Å². The topological polar surface area (TPSA) is 64.9 Å². The van der Waals surface area contributed by atoms with E-state index in [9.17, 15) is 0 Å². The molecule has 0 fully saturated rings. The Hall–Kier alpha value is -1.39. The summed E-state index contributed by atoms with van der Waals surface area (Å²) in [7, 11) is 0. The molecule has 0 unspecified atom stereocenters. The Morgan fingerprint density at radius 2 is 1.95 bits per heavy atom.